The van der Waals surface area contributed by atoms with E-state index in [0.29, 0.717) is 0 Å². The van der Waals surface area contributed by atoms with Crippen LogP contribution in [-0.4, -0.2) is 0 Å². The molecule has 0 bridgehead atoms. The first-order valence-corrected chi connectivity index (χ1v) is 1.04. The SMILES string of the molecule is C=C(C)F. The zero-order chi connectivity index (χ0) is 3.58. The van der Waals surface area contributed by atoms with Crippen LogP contribution in [0.3, 0.4) is 0 Å². The first-order valence-electron chi connectivity index (χ1n) is 1.04. The monoisotopic (exact) mass is 60.0 g/mol. The zero-order valence-electron chi connectivity index (χ0n) is 2.59. The highest BCUT2D eigenvalue weighted by atomic mass is 19.1. The zero-order valence-corrected chi connectivity index (χ0v) is 2.59. The fourth-order valence-corrected chi connectivity index (χ4v) is 0. The van der Waals surface area contributed by atoms with E-state index in [1.807, 2.05) is 0 Å². The summed E-state index contributed by atoms with van der Waals surface area (Å²) < 4.78 is 10.8. The Morgan fingerprint density at radius 2 is 2.00 bits per heavy atom. The Morgan fingerprint density at radius 3 is 2.00 bits per heavy atom. The minimum absolute atomic E-state index is 0.333. The molecule has 0 aliphatic rings. The van der Waals surface area contributed by atoms with Crippen LogP contribution in [0.15, 0.2) is 12.4 Å². The van der Waals surface area contributed by atoms with Gasteiger partial charge >= 0.3 is 0 Å². The van der Waals surface area contributed by atoms with Crippen LogP contribution in [-0.2, 0) is 0 Å². The normalized spacial score (nSPS) is 6.50. The van der Waals surface area contributed by atoms with Gasteiger partial charge in [0, 0.05) is 0 Å². The van der Waals surface area contributed by atoms with Crippen LogP contribution >= 0.6 is 0 Å². The second-order valence-corrected chi connectivity index (χ2v) is 0.676. The highest BCUT2D eigenvalue weighted by molar-refractivity contribution is 4.68. The minimum atomic E-state index is -0.333. The fraction of sp³-hybridized carbons (Fsp3) is 0.333. The van der Waals surface area contributed by atoms with Crippen molar-refractivity contribution in [2.45, 2.75) is 6.92 Å². The molecule has 0 unspecified atom stereocenters. The number of hydrogen-bond acceptors (Lipinski definition) is 0. The van der Waals surface area contributed by atoms with E-state index in [1.54, 1.807) is 0 Å². The van der Waals surface area contributed by atoms with E-state index in [-0.39, 0.29) is 5.83 Å². The van der Waals surface area contributed by atoms with Gasteiger partial charge in [0.15, 0.2) is 0 Å². The second-order valence-electron chi connectivity index (χ2n) is 0.676. The molecule has 0 aliphatic carbocycles. The van der Waals surface area contributed by atoms with Crippen molar-refractivity contribution in [2.24, 2.45) is 0 Å². The van der Waals surface area contributed by atoms with Gasteiger partial charge in [0.1, 0.15) is 0 Å². The van der Waals surface area contributed by atoms with Crippen molar-refractivity contribution in [3.63, 3.8) is 0 Å². The van der Waals surface area contributed by atoms with Gasteiger partial charge in [-0.05, 0) is 6.92 Å². The van der Waals surface area contributed by atoms with E-state index in [4.69, 9.17) is 0 Å². The molecule has 0 aliphatic heterocycles. The van der Waals surface area contributed by atoms with Gasteiger partial charge in [0.05, 0.1) is 5.83 Å². The third-order valence-electron chi connectivity index (χ3n) is 0. The standard InChI is InChI=1S/C3H5F/c1-3(2)4/h1H2,2H3. The van der Waals surface area contributed by atoms with Crippen LogP contribution in [0.5, 0.6) is 0 Å². The first kappa shape index (κ1) is 3.67. The van der Waals surface area contributed by atoms with E-state index in [0.717, 1.165) is 0 Å². The van der Waals surface area contributed by atoms with Crippen molar-refractivity contribution in [3.8, 4) is 0 Å². The summed E-state index contributed by atoms with van der Waals surface area (Å²) in [5, 5.41) is 0. The molecule has 24 valence electrons. The fourth-order valence-electron chi connectivity index (χ4n) is 0. The van der Waals surface area contributed by atoms with E-state index >= 15 is 0 Å². The molecule has 0 spiro atoms. The van der Waals surface area contributed by atoms with Gasteiger partial charge in [-0.2, -0.15) is 0 Å². The van der Waals surface area contributed by atoms with Crippen molar-refractivity contribution >= 4 is 0 Å². The molecular weight excluding hydrogens is 55.0 g/mol. The largest absolute Gasteiger partial charge is 0.213 e. The Morgan fingerprint density at radius 1 is 2.00 bits per heavy atom. The molecule has 0 amide bonds. The predicted octanol–water partition coefficient (Wildman–Crippen LogP) is 1.49. The summed E-state index contributed by atoms with van der Waals surface area (Å²) in [5.74, 6) is -0.333. The second kappa shape index (κ2) is 1.04. The van der Waals surface area contributed by atoms with Gasteiger partial charge in [-0.3, -0.25) is 0 Å². The van der Waals surface area contributed by atoms with Crippen molar-refractivity contribution in [1.82, 2.24) is 0 Å². The number of allylic oxidation sites excluding steroid dienone is 1. The highest BCUT2D eigenvalue weighted by Crippen LogP contribution is 1.80. The first-order chi connectivity index (χ1) is 1.73. The maximum atomic E-state index is 10.8. The molecule has 0 saturated carbocycles. The molecule has 0 atom stereocenters. The molecule has 0 N–H and O–H groups in total. The molecule has 0 heterocycles. The van der Waals surface area contributed by atoms with E-state index < -0.39 is 0 Å². The van der Waals surface area contributed by atoms with Crippen LogP contribution < -0.4 is 0 Å². The molecular formula is C3H5F. The number of hydrogen-bond donors (Lipinski definition) is 0. The predicted molar refractivity (Wildman–Crippen MR) is 15.9 cm³/mol. The number of halogens is 1. The third-order valence-corrected chi connectivity index (χ3v) is 0. The number of rotatable bonds is 0. The molecule has 0 aromatic carbocycles. The van der Waals surface area contributed by atoms with Crippen molar-refractivity contribution in [3.05, 3.63) is 12.4 Å². The Hall–Kier alpha value is -0.330. The maximum Gasteiger partial charge on any atom is 0.0897 e. The van der Waals surface area contributed by atoms with E-state index in [1.165, 1.54) is 6.92 Å². The van der Waals surface area contributed by atoms with Crippen LogP contribution in [0, 0.1) is 0 Å². The third kappa shape index (κ3) is 6.88. The Kier molecular flexibility index (Phi) is 0.958. The average Bonchev–Trinajstić information content (AvgIpc) is 0.811. The summed E-state index contributed by atoms with van der Waals surface area (Å²) in [6.07, 6.45) is 0. The molecule has 1 heteroatoms. The minimum Gasteiger partial charge on any atom is -0.213 e. The smallest absolute Gasteiger partial charge is 0.0897 e. The molecule has 0 aromatic rings. The van der Waals surface area contributed by atoms with Gasteiger partial charge in [-0.25, -0.2) is 4.39 Å². The molecule has 0 saturated heterocycles. The Balaban J connectivity index is 2.80. The van der Waals surface area contributed by atoms with Crippen molar-refractivity contribution < 1.29 is 4.39 Å². The Bertz CT molecular complexity index is 26.3. The molecule has 0 aromatic heterocycles. The van der Waals surface area contributed by atoms with Gasteiger partial charge in [0.25, 0.3) is 0 Å². The highest BCUT2D eigenvalue weighted by Gasteiger charge is 1.58. The van der Waals surface area contributed by atoms with Crippen LogP contribution in [0.2, 0.25) is 0 Å². The summed E-state index contributed by atoms with van der Waals surface area (Å²) in [4.78, 5) is 0. The molecule has 0 fully saturated rings. The molecule has 0 nitrogen and oxygen atoms in total. The summed E-state index contributed by atoms with van der Waals surface area (Å²) in [6, 6.07) is 0. The molecule has 0 radical (unpaired) electrons. The molecule has 0 rings (SSSR count). The van der Waals surface area contributed by atoms with E-state index in [9.17, 15) is 4.39 Å². The van der Waals surface area contributed by atoms with Gasteiger partial charge in [0.2, 0.25) is 0 Å². The van der Waals surface area contributed by atoms with Crippen LogP contribution in [0.1, 0.15) is 6.92 Å². The van der Waals surface area contributed by atoms with Gasteiger partial charge in [-0.15, -0.1) is 0 Å². The summed E-state index contributed by atoms with van der Waals surface area (Å²) in [7, 11) is 0. The quantitative estimate of drug-likeness (QED) is 0.397. The lowest BCUT2D eigenvalue weighted by atomic mass is 10.7. The average molecular weight is 60.1 g/mol. The van der Waals surface area contributed by atoms with Crippen molar-refractivity contribution in [2.75, 3.05) is 0 Å². The van der Waals surface area contributed by atoms with E-state index in [2.05, 4.69) is 6.58 Å². The summed E-state index contributed by atoms with van der Waals surface area (Å²) in [6.45, 7) is 4.19. The summed E-state index contributed by atoms with van der Waals surface area (Å²) >= 11 is 0. The van der Waals surface area contributed by atoms with Crippen molar-refractivity contribution in [1.29, 1.82) is 0 Å². The lowest BCUT2D eigenvalue weighted by molar-refractivity contribution is 0.645. The lowest BCUT2D eigenvalue weighted by Crippen LogP contribution is -1.38. The lowest BCUT2D eigenvalue weighted by Gasteiger charge is -1.59. The molecule has 4 heavy (non-hydrogen) atoms. The van der Waals surface area contributed by atoms with Crippen LogP contribution in [0.4, 0.5) is 4.39 Å². The summed E-state index contributed by atoms with van der Waals surface area (Å²) in [5.41, 5.74) is 0. The van der Waals surface area contributed by atoms with Crippen LogP contribution in [0.25, 0.3) is 0 Å². The van der Waals surface area contributed by atoms with Gasteiger partial charge < -0.3 is 0 Å². The maximum absolute atomic E-state index is 10.8. The topological polar surface area (TPSA) is 0 Å². The van der Waals surface area contributed by atoms with Gasteiger partial charge in [-0.1, -0.05) is 6.58 Å². The Labute approximate surface area is 24.9 Å².